The van der Waals surface area contributed by atoms with Crippen molar-refractivity contribution in [1.82, 2.24) is 10.4 Å². The van der Waals surface area contributed by atoms with Crippen LogP contribution in [0.1, 0.15) is 0 Å². The molecule has 2 rings (SSSR count). The van der Waals surface area contributed by atoms with Crippen LogP contribution in [0.25, 0.3) is 10.8 Å². The molecular formula is C10H9N3O. The van der Waals surface area contributed by atoms with Crippen molar-refractivity contribution in [3.05, 3.63) is 36.5 Å². The second-order valence-corrected chi connectivity index (χ2v) is 2.80. The Morgan fingerprint density at radius 3 is 2.79 bits per heavy atom. The van der Waals surface area contributed by atoms with Gasteiger partial charge in [0.25, 0.3) is 0 Å². The lowest BCUT2D eigenvalue weighted by molar-refractivity contribution is -0.109. The second kappa shape index (κ2) is 3.74. The number of nitrogens with one attached hydrogen (secondary N) is 2. The zero-order valence-electron chi connectivity index (χ0n) is 7.40. The van der Waals surface area contributed by atoms with Crippen molar-refractivity contribution in [1.29, 1.82) is 0 Å². The van der Waals surface area contributed by atoms with Gasteiger partial charge in [-0.1, -0.05) is 24.3 Å². The highest BCUT2D eigenvalue weighted by molar-refractivity contribution is 5.83. The standard InChI is InChI=1S/C10H9N3O/c14-7-12-13-10-5-8-3-1-2-4-9(8)6-11-10/h1-7H,(H,11,13)(H,12,14). The summed E-state index contributed by atoms with van der Waals surface area (Å²) in [5.74, 6) is 0.621. The minimum Gasteiger partial charge on any atom is -0.282 e. The number of nitrogens with zero attached hydrogens (tertiary/aromatic N) is 1. The van der Waals surface area contributed by atoms with Crippen molar-refractivity contribution in [2.75, 3.05) is 5.43 Å². The average Bonchev–Trinajstić information content (AvgIpc) is 2.26. The molecule has 0 fully saturated rings. The third kappa shape index (κ3) is 1.64. The summed E-state index contributed by atoms with van der Waals surface area (Å²) in [4.78, 5) is 14.2. The van der Waals surface area contributed by atoms with Gasteiger partial charge in [-0.3, -0.25) is 15.6 Å². The number of rotatable bonds is 3. The van der Waals surface area contributed by atoms with Crippen LogP contribution in [0, 0.1) is 0 Å². The van der Waals surface area contributed by atoms with Gasteiger partial charge in [0.05, 0.1) is 0 Å². The van der Waals surface area contributed by atoms with Crippen LogP contribution >= 0.6 is 0 Å². The third-order valence-electron chi connectivity index (χ3n) is 1.89. The Morgan fingerprint density at radius 2 is 2.00 bits per heavy atom. The molecule has 0 saturated heterocycles. The molecular weight excluding hydrogens is 178 g/mol. The molecule has 14 heavy (non-hydrogen) atoms. The SMILES string of the molecule is O=CNNc1cc2ccccc2cn1. The summed E-state index contributed by atoms with van der Waals surface area (Å²) < 4.78 is 0. The van der Waals surface area contributed by atoms with Gasteiger partial charge in [0, 0.05) is 11.6 Å². The van der Waals surface area contributed by atoms with E-state index in [1.165, 1.54) is 0 Å². The van der Waals surface area contributed by atoms with Crippen molar-refractivity contribution in [3.63, 3.8) is 0 Å². The van der Waals surface area contributed by atoms with E-state index in [2.05, 4.69) is 15.8 Å². The minimum absolute atomic E-state index is 0.566. The zero-order valence-corrected chi connectivity index (χ0v) is 7.40. The predicted octanol–water partition coefficient (Wildman–Crippen LogP) is 1.31. The van der Waals surface area contributed by atoms with Crippen molar-refractivity contribution < 1.29 is 4.79 Å². The molecule has 0 saturated carbocycles. The highest BCUT2D eigenvalue weighted by Crippen LogP contribution is 2.15. The van der Waals surface area contributed by atoms with E-state index in [0.717, 1.165) is 10.8 Å². The molecule has 2 aromatic rings. The van der Waals surface area contributed by atoms with E-state index in [4.69, 9.17) is 0 Å². The number of benzene rings is 1. The van der Waals surface area contributed by atoms with Crippen molar-refractivity contribution in [2.45, 2.75) is 0 Å². The maximum atomic E-state index is 10.0. The number of fused-ring (bicyclic) bond motifs is 1. The molecule has 0 spiro atoms. The van der Waals surface area contributed by atoms with Crippen LogP contribution in [0.4, 0.5) is 5.82 Å². The molecule has 0 radical (unpaired) electrons. The number of carbonyl (C=O) groups excluding carboxylic acids is 1. The fourth-order valence-electron chi connectivity index (χ4n) is 1.26. The van der Waals surface area contributed by atoms with E-state index >= 15 is 0 Å². The van der Waals surface area contributed by atoms with Crippen molar-refractivity contribution >= 4 is 23.0 Å². The Morgan fingerprint density at radius 1 is 1.21 bits per heavy atom. The van der Waals surface area contributed by atoms with Crippen LogP contribution in [-0.2, 0) is 4.79 Å². The van der Waals surface area contributed by atoms with E-state index in [-0.39, 0.29) is 0 Å². The molecule has 0 bridgehead atoms. The topological polar surface area (TPSA) is 54.0 Å². The molecule has 70 valence electrons. The number of aromatic nitrogens is 1. The molecule has 1 heterocycles. The lowest BCUT2D eigenvalue weighted by atomic mass is 10.2. The smallest absolute Gasteiger partial charge is 0.225 e. The number of hydrazine groups is 1. The first-order valence-corrected chi connectivity index (χ1v) is 4.20. The Hall–Kier alpha value is -2.10. The number of hydrogen-bond acceptors (Lipinski definition) is 3. The highest BCUT2D eigenvalue weighted by Gasteiger charge is 1.95. The Kier molecular flexibility index (Phi) is 2.27. The van der Waals surface area contributed by atoms with Crippen molar-refractivity contribution in [3.8, 4) is 0 Å². The van der Waals surface area contributed by atoms with Gasteiger partial charge in [0.2, 0.25) is 6.41 Å². The van der Waals surface area contributed by atoms with E-state index < -0.39 is 0 Å². The quantitative estimate of drug-likeness (QED) is 0.562. The molecule has 4 nitrogen and oxygen atoms in total. The molecule has 1 aromatic carbocycles. The van der Waals surface area contributed by atoms with Gasteiger partial charge in [0.15, 0.2) is 0 Å². The summed E-state index contributed by atoms with van der Waals surface area (Å²) in [7, 11) is 0. The Labute approximate surface area is 80.9 Å². The van der Waals surface area contributed by atoms with Crippen LogP contribution in [0.3, 0.4) is 0 Å². The van der Waals surface area contributed by atoms with Gasteiger partial charge in [-0.05, 0) is 11.5 Å². The first-order chi connectivity index (χ1) is 6.90. The Bertz CT molecular complexity index is 456. The van der Waals surface area contributed by atoms with Gasteiger partial charge in [0.1, 0.15) is 5.82 Å². The summed E-state index contributed by atoms with van der Waals surface area (Å²) in [6, 6.07) is 9.76. The van der Waals surface area contributed by atoms with Gasteiger partial charge >= 0.3 is 0 Å². The third-order valence-corrected chi connectivity index (χ3v) is 1.89. The molecule has 0 atom stereocenters. The van der Waals surface area contributed by atoms with E-state index in [0.29, 0.717) is 12.2 Å². The van der Waals surface area contributed by atoms with Crippen LogP contribution < -0.4 is 10.9 Å². The fraction of sp³-hybridized carbons (Fsp3) is 0. The van der Waals surface area contributed by atoms with Crippen LogP contribution in [0.15, 0.2) is 36.5 Å². The maximum Gasteiger partial charge on any atom is 0.225 e. The summed E-state index contributed by atoms with van der Waals surface area (Å²) in [5.41, 5.74) is 4.99. The van der Waals surface area contributed by atoms with E-state index in [9.17, 15) is 4.79 Å². The maximum absolute atomic E-state index is 10.0. The monoisotopic (exact) mass is 187 g/mol. The summed E-state index contributed by atoms with van der Waals surface area (Å²) in [6.07, 6.45) is 2.32. The van der Waals surface area contributed by atoms with Crippen LogP contribution in [-0.4, -0.2) is 11.4 Å². The zero-order chi connectivity index (χ0) is 9.80. The van der Waals surface area contributed by atoms with Gasteiger partial charge in [-0.25, -0.2) is 4.98 Å². The molecule has 2 N–H and O–H groups in total. The summed E-state index contributed by atoms with van der Waals surface area (Å²) in [5, 5.41) is 2.15. The average molecular weight is 187 g/mol. The molecule has 0 aliphatic heterocycles. The second-order valence-electron chi connectivity index (χ2n) is 2.80. The van der Waals surface area contributed by atoms with Gasteiger partial charge in [-0.15, -0.1) is 0 Å². The number of pyridine rings is 1. The molecule has 1 amide bonds. The fourth-order valence-corrected chi connectivity index (χ4v) is 1.26. The first kappa shape index (κ1) is 8.50. The summed E-state index contributed by atoms with van der Waals surface area (Å²) in [6.45, 7) is 0. The van der Waals surface area contributed by atoms with Crippen molar-refractivity contribution in [2.24, 2.45) is 0 Å². The molecule has 0 unspecified atom stereocenters. The lowest BCUT2D eigenvalue weighted by Crippen LogP contribution is -2.19. The number of hydrogen-bond donors (Lipinski definition) is 2. The van der Waals surface area contributed by atoms with Crippen LogP contribution in [0.5, 0.6) is 0 Å². The van der Waals surface area contributed by atoms with E-state index in [1.807, 2.05) is 30.3 Å². The molecule has 0 aliphatic carbocycles. The van der Waals surface area contributed by atoms with Gasteiger partial charge in [-0.2, -0.15) is 0 Å². The molecule has 4 heteroatoms. The summed E-state index contributed by atoms with van der Waals surface area (Å²) >= 11 is 0. The van der Waals surface area contributed by atoms with Gasteiger partial charge < -0.3 is 0 Å². The van der Waals surface area contributed by atoms with E-state index in [1.54, 1.807) is 6.20 Å². The van der Waals surface area contributed by atoms with Crippen LogP contribution in [0.2, 0.25) is 0 Å². The normalized spacial score (nSPS) is 9.71. The number of amides is 1. The Balaban J connectivity index is 2.36. The number of anilines is 1. The number of carbonyl (C=O) groups is 1. The molecule has 0 aliphatic rings. The largest absolute Gasteiger partial charge is 0.282 e. The predicted molar refractivity (Wildman–Crippen MR) is 54.6 cm³/mol. The minimum atomic E-state index is 0.566. The first-order valence-electron chi connectivity index (χ1n) is 4.20. The molecule has 1 aromatic heterocycles. The highest BCUT2D eigenvalue weighted by atomic mass is 16.1. The lowest BCUT2D eigenvalue weighted by Gasteiger charge is -2.03.